The Balaban J connectivity index is 2.35. The Bertz CT molecular complexity index is 387. The molecule has 1 aliphatic rings. The predicted molar refractivity (Wildman–Crippen MR) is 63.1 cm³/mol. The van der Waals surface area contributed by atoms with Gasteiger partial charge in [-0.05, 0) is 24.3 Å². The third kappa shape index (κ3) is 1.60. The molecule has 0 fully saturated rings. The Hall–Kier alpha value is -1.09. The summed E-state index contributed by atoms with van der Waals surface area (Å²) in [5.74, 6) is 0.964. The molecule has 0 amide bonds. The summed E-state index contributed by atoms with van der Waals surface area (Å²) in [4.78, 5) is 16.3. The van der Waals surface area contributed by atoms with Gasteiger partial charge in [-0.1, -0.05) is 19.1 Å². The Morgan fingerprint density at radius 1 is 1.36 bits per heavy atom. The zero-order chi connectivity index (χ0) is 9.97. The molecule has 14 heavy (non-hydrogen) atoms. The highest BCUT2D eigenvalue weighted by Gasteiger charge is 2.20. The lowest BCUT2D eigenvalue weighted by molar-refractivity contribution is 0.108. The summed E-state index contributed by atoms with van der Waals surface area (Å²) in [6, 6.07) is 7.58. The minimum atomic E-state index is -0.650. The average molecular weight is 207 g/mol. The van der Waals surface area contributed by atoms with Gasteiger partial charge in [0.15, 0.2) is 0 Å². The highest BCUT2D eigenvalue weighted by molar-refractivity contribution is 8.40. The number of fused-ring (bicyclic) bond motifs is 1. The lowest BCUT2D eigenvalue weighted by atomic mass is 10.2. The second kappa shape index (κ2) is 3.96. The number of rotatable bonds is 2. The van der Waals surface area contributed by atoms with Crippen molar-refractivity contribution in [3.8, 4) is 0 Å². The highest BCUT2D eigenvalue weighted by atomic mass is 32.2. The average Bonchev–Trinajstić information content (AvgIpc) is 2.23. The first-order chi connectivity index (χ1) is 6.83. The first-order valence-electron chi connectivity index (χ1n) is 4.77. The smallest absolute Gasteiger partial charge is 0.206 e. The number of carbonyl (C=O) groups is 1. The van der Waals surface area contributed by atoms with Gasteiger partial charge >= 0.3 is 0 Å². The molecule has 0 spiro atoms. The molecule has 1 unspecified atom stereocenters. The lowest BCUT2D eigenvalue weighted by Gasteiger charge is -2.19. The van der Waals surface area contributed by atoms with Crippen LogP contribution in [0, 0.1) is 0 Å². The number of aliphatic imine (C=N–C) groups is 1. The van der Waals surface area contributed by atoms with E-state index in [4.69, 9.17) is 0 Å². The molecule has 1 aromatic rings. The molecule has 3 heteroatoms. The molecule has 0 aliphatic carbocycles. The molecule has 2 rings (SSSR count). The van der Waals surface area contributed by atoms with Crippen LogP contribution in [0.4, 0.5) is 5.69 Å². The van der Waals surface area contributed by atoms with Gasteiger partial charge in [-0.15, -0.1) is 0 Å². The molecule has 1 heterocycles. The number of thiol groups is 1. The zero-order valence-corrected chi connectivity index (χ0v) is 9.00. The molecule has 0 radical (unpaired) electrons. The minimum Gasteiger partial charge on any atom is -0.283 e. The van der Waals surface area contributed by atoms with Gasteiger partial charge in [-0.25, -0.2) is 0 Å². The summed E-state index contributed by atoms with van der Waals surface area (Å²) in [6.45, 7) is 2.10. The summed E-state index contributed by atoms with van der Waals surface area (Å²) in [5, 5.41) is 0.285. The number of nitrogens with zero attached hydrogens (tertiary/aromatic N) is 1. The van der Waals surface area contributed by atoms with Crippen LogP contribution < -0.4 is 0 Å². The Kier molecular flexibility index (Phi) is 2.68. The topological polar surface area (TPSA) is 29.4 Å². The summed E-state index contributed by atoms with van der Waals surface area (Å²) in [6.07, 6.45) is 1.05. The molecule has 74 valence electrons. The maximum absolute atomic E-state index is 11.9. The molecule has 0 N–H and O–H groups in total. The summed E-state index contributed by atoms with van der Waals surface area (Å²) < 4.78 is 0. The van der Waals surface area contributed by atoms with Gasteiger partial charge in [0, 0.05) is 5.55 Å². The number of hydrogen-bond donors (Lipinski definition) is 1. The molecule has 1 aromatic carbocycles. The maximum Gasteiger partial charge on any atom is 0.206 e. The SMILES string of the molecule is CCC[SH]1C=Nc2ccccc2C1=O. The fraction of sp³-hybridized carbons (Fsp3) is 0.273. The van der Waals surface area contributed by atoms with Crippen LogP contribution >= 0.6 is 10.9 Å². The van der Waals surface area contributed by atoms with E-state index < -0.39 is 10.9 Å². The molecular weight excluding hydrogens is 194 g/mol. The Labute approximate surface area is 86.4 Å². The van der Waals surface area contributed by atoms with E-state index in [-0.39, 0.29) is 5.12 Å². The van der Waals surface area contributed by atoms with Crippen molar-refractivity contribution in [2.24, 2.45) is 4.99 Å². The number of hydrogen-bond acceptors (Lipinski definition) is 2. The Morgan fingerprint density at radius 3 is 2.93 bits per heavy atom. The van der Waals surface area contributed by atoms with Crippen LogP contribution in [0.5, 0.6) is 0 Å². The highest BCUT2D eigenvalue weighted by Crippen LogP contribution is 2.37. The van der Waals surface area contributed by atoms with Crippen LogP contribution in [0.3, 0.4) is 0 Å². The van der Waals surface area contributed by atoms with E-state index in [9.17, 15) is 4.79 Å². The van der Waals surface area contributed by atoms with E-state index in [0.717, 1.165) is 23.4 Å². The predicted octanol–water partition coefficient (Wildman–Crippen LogP) is 2.91. The Morgan fingerprint density at radius 2 is 2.14 bits per heavy atom. The van der Waals surface area contributed by atoms with E-state index in [2.05, 4.69) is 11.9 Å². The van der Waals surface area contributed by atoms with E-state index in [1.54, 1.807) is 0 Å². The normalized spacial score (nSPS) is 22.1. The van der Waals surface area contributed by atoms with Crippen LogP contribution in [0.2, 0.25) is 0 Å². The van der Waals surface area contributed by atoms with Crippen molar-refractivity contribution in [1.29, 1.82) is 0 Å². The largest absolute Gasteiger partial charge is 0.283 e. The van der Waals surface area contributed by atoms with E-state index in [0.29, 0.717) is 0 Å². The minimum absolute atomic E-state index is 0.285. The van der Waals surface area contributed by atoms with Crippen molar-refractivity contribution in [2.45, 2.75) is 13.3 Å². The fourth-order valence-corrected chi connectivity index (χ4v) is 3.17. The van der Waals surface area contributed by atoms with Crippen LogP contribution in [-0.4, -0.2) is 16.4 Å². The van der Waals surface area contributed by atoms with Gasteiger partial charge in [0.1, 0.15) is 0 Å². The van der Waals surface area contributed by atoms with Gasteiger partial charge in [0.2, 0.25) is 5.12 Å². The van der Waals surface area contributed by atoms with Gasteiger partial charge in [0.05, 0.1) is 11.3 Å². The van der Waals surface area contributed by atoms with Gasteiger partial charge < -0.3 is 0 Å². The van der Waals surface area contributed by atoms with Crippen molar-refractivity contribution < 1.29 is 4.79 Å². The molecule has 0 saturated heterocycles. The summed E-state index contributed by atoms with van der Waals surface area (Å²) in [7, 11) is -0.650. The third-order valence-electron chi connectivity index (χ3n) is 2.20. The van der Waals surface area contributed by atoms with E-state index in [1.807, 2.05) is 29.8 Å². The van der Waals surface area contributed by atoms with Crippen LogP contribution in [0.1, 0.15) is 23.7 Å². The van der Waals surface area contributed by atoms with Crippen molar-refractivity contribution in [3.05, 3.63) is 29.8 Å². The summed E-state index contributed by atoms with van der Waals surface area (Å²) in [5.41, 5.74) is 3.48. The second-order valence-corrected chi connectivity index (χ2v) is 5.28. The monoisotopic (exact) mass is 207 g/mol. The molecular formula is C11H13NOS. The van der Waals surface area contributed by atoms with Crippen LogP contribution in [0.15, 0.2) is 29.3 Å². The maximum atomic E-state index is 11.9. The molecule has 1 atom stereocenters. The second-order valence-electron chi connectivity index (χ2n) is 3.26. The summed E-state index contributed by atoms with van der Waals surface area (Å²) >= 11 is 0. The van der Waals surface area contributed by atoms with Crippen molar-refractivity contribution in [3.63, 3.8) is 0 Å². The third-order valence-corrected chi connectivity index (χ3v) is 4.28. The van der Waals surface area contributed by atoms with Crippen molar-refractivity contribution in [2.75, 3.05) is 5.75 Å². The lowest BCUT2D eigenvalue weighted by Crippen LogP contribution is -2.08. The molecule has 0 bridgehead atoms. The first-order valence-corrected chi connectivity index (χ1v) is 6.36. The van der Waals surface area contributed by atoms with E-state index >= 15 is 0 Å². The standard InChI is InChI=1S/C11H13NOS/c1-2-7-14-8-12-10-6-4-3-5-9(10)11(14)13/h3-6,8,14H,2,7H2,1H3. The quantitative estimate of drug-likeness (QED) is 0.742. The molecule has 0 aromatic heterocycles. The van der Waals surface area contributed by atoms with Crippen LogP contribution in [-0.2, 0) is 0 Å². The van der Waals surface area contributed by atoms with E-state index in [1.165, 1.54) is 0 Å². The zero-order valence-electron chi connectivity index (χ0n) is 8.10. The van der Waals surface area contributed by atoms with Crippen molar-refractivity contribution >= 4 is 27.2 Å². The number of carbonyl (C=O) groups excluding carboxylic acids is 1. The number of para-hydroxylation sites is 1. The molecule has 2 nitrogen and oxygen atoms in total. The molecule has 1 aliphatic heterocycles. The van der Waals surface area contributed by atoms with Gasteiger partial charge in [-0.3, -0.25) is 9.79 Å². The van der Waals surface area contributed by atoms with Gasteiger partial charge in [0.25, 0.3) is 0 Å². The van der Waals surface area contributed by atoms with Crippen LogP contribution in [0.25, 0.3) is 0 Å². The van der Waals surface area contributed by atoms with Crippen molar-refractivity contribution in [1.82, 2.24) is 0 Å². The fourth-order valence-electron chi connectivity index (χ4n) is 1.51. The van der Waals surface area contributed by atoms with Gasteiger partial charge in [-0.2, -0.15) is 10.9 Å². The first kappa shape index (κ1) is 9.46. The number of benzene rings is 1. The molecule has 0 saturated carbocycles.